The van der Waals surface area contributed by atoms with Crippen molar-refractivity contribution in [1.29, 1.82) is 0 Å². The number of rotatable bonds is 1. The molecule has 0 atom stereocenters. The van der Waals surface area contributed by atoms with Gasteiger partial charge in [0.25, 0.3) is 0 Å². The Morgan fingerprint density at radius 1 is 1.42 bits per heavy atom. The maximum Gasteiger partial charge on any atom is 0.108 e. The second-order valence-electron chi connectivity index (χ2n) is 2.66. The van der Waals surface area contributed by atoms with E-state index in [2.05, 4.69) is 23.4 Å². The lowest BCUT2D eigenvalue weighted by molar-refractivity contribution is 1.43. The van der Waals surface area contributed by atoms with Gasteiger partial charge >= 0.3 is 0 Å². The number of hydrogen-bond acceptors (Lipinski definition) is 2. The number of anilines is 1. The minimum absolute atomic E-state index is 0.748. The number of benzene rings is 1. The average Bonchev–Trinajstić information content (AvgIpc) is 2.47. The number of nitrogens with one attached hydrogen (secondary N) is 1. The normalized spacial score (nSPS) is 10.8. The van der Waals surface area contributed by atoms with E-state index in [0.29, 0.717) is 0 Å². The molecule has 0 radical (unpaired) electrons. The number of H-pyrrole nitrogens is 1. The van der Waals surface area contributed by atoms with E-state index in [1.807, 2.05) is 12.3 Å². The molecule has 0 bridgehead atoms. The van der Waals surface area contributed by atoms with Crippen LogP contribution in [0.5, 0.6) is 0 Å². The lowest BCUT2D eigenvalue weighted by Crippen LogP contribution is -1.82. The van der Waals surface area contributed by atoms with Crippen LogP contribution in [0.1, 0.15) is 0 Å². The summed E-state index contributed by atoms with van der Waals surface area (Å²) in [5, 5.41) is 2.28. The van der Waals surface area contributed by atoms with Gasteiger partial charge in [0.1, 0.15) is 5.82 Å². The molecule has 0 unspecified atom stereocenters. The van der Waals surface area contributed by atoms with Crippen LogP contribution in [0.2, 0.25) is 0 Å². The summed E-state index contributed by atoms with van der Waals surface area (Å²) in [4.78, 5) is 4.26. The molecule has 0 amide bonds. The predicted molar refractivity (Wildman–Crippen MR) is 54.5 cm³/mol. The number of nitrogens with two attached hydrogens (primary N) is 1. The van der Waals surface area contributed by atoms with E-state index < -0.39 is 0 Å². The highest BCUT2D eigenvalue weighted by molar-refractivity contribution is 7.98. The Balaban J connectivity index is 2.69. The van der Waals surface area contributed by atoms with E-state index in [9.17, 15) is 0 Å². The summed E-state index contributed by atoms with van der Waals surface area (Å²) in [6, 6.07) is 6.26. The first-order chi connectivity index (χ1) is 5.81. The number of hydrogen-bond donors (Lipinski definition) is 2. The highest BCUT2D eigenvalue weighted by Gasteiger charge is 1.99. The summed E-state index contributed by atoms with van der Waals surface area (Å²) in [7, 11) is 0. The third-order valence-corrected chi connectivity index (χ3v) is 2.66. The summed E-state index contributed by atoms with van der Waals surface area (Å²) in [6.07, 6.45) is 4.00. The minimum Gasteiger partial charge on any atom is -0.385 e. The Bertz CT molecular complexity index is 406. The molecule has 0 saturated heterocycles. The molecule has 2 nitrogen and oxygen atoms in total. The topological polar surface area (TPSA) is 41.8 Å². The van der Waals surface area contributed by atoms with E-state index in [0.717, 1.165) is 11.2 Å². The van der Waals surface area contributed by atoms with Crippen molar-refractivity contribution in [2.75, 3.05) is 12.0 Å². The fraction of sp³-hybridized carbons (Fsp3) is 0.111. The maximum atomic E-state index is 5.71. The number of nitrogen functional groups attached to an aromatic ring is 1. The third-order valence-electron chi connectivity index (χ3n) is 1.93. The molecule has 0 saturated carbocycles. The number of fused-ring (bicyclic) bond motifs is 1. The van der Waals surface area contributed by atoms with Gasteiger partial charge in [0.05, 0.1) is 0 Å². The zero-order valence-corrected chi connectivity index (χ0v) is 7.61. The Morgan fingerprint density at radius 3 is 3.00 bits per heavy atom. The van der Waals surface area contributed by atoms with E-state index in [1.54, 1.807) is 11.8 Å². The minimum atomic E-state index is 0.748. The van der Waals surface area contributed by atoms with E-state index in [-0.39, 0.29) is 0 Å². The van der Waals surface area contributed by atoms with Crippen molar-refractivity contribution in [3.63, 3.8) is 0 Å². The van der Waals surface area contributed by atoms with Crippen LogP contribution in [-0.4, -0.2) is 11.2 Å². The van der Waals surface area contributed by atoms with Gasteiger partial charge in [-0.15, -0.1) is 11.8 Å². The van der Waals surface area contributed by atoms with Gasteiger partial charge in [-0.25, -0.2) is 0 Å². The molecule has 1 heterocycles. The van der Waals surface area contributed by atoms with Crippen molar-refractivity contribution in [3.05, 3.63) is 24.4 Å². The summed E-state index contributed by atoms with van der Waals surface area (Å²) in [6.45, 7) is 0. The summed E-state index contributed by atoms with van der Waals surface area (Å²) in [5.74, 6) is 0.748. The van der Waals surface area contributed by atoms with Crippen LogP contribution in [0.25, 0.3) is 10.8 Å². The Morgan fingerprint density at radius 2 is 2.25 bits per heavy atom. The van der Waals surface area contributed by atoms with Gasteiger partial charge in [-0.2, -0.15) is 0 Å². The van der Waals surface area contributed by atoms with Crippen LogP contribution >= 0.6 is 11.8 Å². The largest absolute Gasteiger partial charge is 0.385 e. The van der Waals surface area contributed by atoms with Gasteiger partial charge in [0, 0.05) is 21.9 Å². The molecule has 3 heteroatoms. The average molecular weight is 178 g/mol. The van der Waals surface area contributed by atoms with Gasteiger partial charge in [-0.05, 0) is 24.5 Å². The van der Waals surface area contributed by atoms with Gasteiger partial charge in [0.15, 0.2) is 0 Å². The maximum absolute atomic E-state index is 5.71. The molecule has 1 aromatic carbocycles. The van der Waals surface area contributed by atoms with E-state index in [4.69, 9.17) is 5.73 Å². The second kappa shape index (κ2) is 2.75. The van der Waals surface area contributed by atoms with Gasteiger partial charge < -0.3 is 10.7 Å². The SMILES string of the molecule is CSc1ccc2c(N)[nH]cc2c1. The molecule has 12 heavy (non-hydrogen) atoms. The fourth-order valence-electron chi connectivity index (χ4n) is 1.27. The Labute approximate surface area is 75.2 Å². The highest BCUT2D eigenvalue weighted by atomic mass is 32.2. The number of aromatic amines is 1. The van der Waals surface area contributed by atoms with Gasteiger partial charge in [-0.3, -0.25) is 0 Å². The zero-order valence-electron chi connectivity index (χ0n) is 6.79. The van der Waals surface area contributed by atoms with Crippen molar-refractivity contribution in [1.82, 2.24) is 4.98 Å². The van der Waals surface area contributed by atoms with Crippen LogP contribution in [0, 0.1) is 0 Å². The first-order valence-electron chi connectivity index (χ1n) is 3.72. The summed E-state index contributed by atoms with van der Waals surface area (Å²) < 4.78 is 0. The molecule has 3 N–H and O–H groups in total. The molecule has 0 aliphatic heterocycles. The molecule has 2 rings (SSSR count). The van der Waals surface area contributed by atoms with Crippen molar-refractivity contribution < 1.29 is 0 Å². The molecule has 0 aliphatic carbocycles. The Hall–Kier alpha value is -1.09. The Kier molecular flexibility index (Phi) is 1.73. The molecule has 0 spiro atoms. The molecule has 0 fully saturated rings. The lowest BCUT2D eigenvalue weighted by Gasteiger charge is -1.95. The van der Waals surface area contributed by atoms with E-state index in [1.165, 1.54) is 10.3 Å². The fourth-order valence-corrected chi connectivity index (χ4v) is 1.71. The van der Waals surface area contributed by atoms with Crippen LogP contribution < -0.4 is 5.73 Å². The van der Waals surface area contributed by atoms with Crippen LogP contribution in [0.3, 0.4) is 0 Å². The molecule has 1 aromatic heterocycles. The quantitative estimate of drug-likeness (QED) is 0.659. The van der Waals surface area contributed by atoms with Crippen LogP contribution in [0.4, 0.5) is 5.82 Å². The van der Waals surface area contributed by atoms with Crippen LogP contribution in [0.15, 0.2) is 29.3 Å². The van der Waals surface area contributed by atoms with Gasteiger partial charge in [-0.1, -0.05) is 0 Å². The first kappa shape index (κ1) is 7.55. The number of aromatic nitrogens is 1. The predicted octanol–water partition coefficient (Wildman–Crippen LogP) is 2.47. The highest BCUT2D eigenvalue weighted by Crippen LogP contribution is 2.24. The van der Waals surface area contributed by atoms with Gasteiger partial charge in [0.2, 0.25) is 0 Å². The molecule has 0 aliphatic rings. The van der Waals surface area contributed by atoms with Crippen molar-refractivity contribution in [3.8, 4) is 0 Å². The smallest absolute Gasteiger partial charge is 0.108 e. The molecule has 2 aromatic rings. The van der Waals surface area contributed by atoms with E-state index >= 15 is 0 Å². The second-order valence-corrected chi connectivity index (χ2v) is 3.54. The van der Waals surface area contributed by atoms with Crippen molar-refractivity contribution in [2.45, 2.75) is 4.90 Å². The molecular weight excluding hydrogens is 168 g/mol. The van der Waals surface area contributed by atoms with Crippen molar-refractivity contribution >= 4 is 28.4 Å². The molecule has 62 valence electrons. The lowest BCUT2D eigenvalue weighted by atomic mass is 10.2. The monoisotopic (exact) mass is 178 g/mol. The summed E-state index contributed by atoms with van der Waals surface area (Å²) in [5.41, 5.74) is 5.71. The standard InChI is InChI=1S/C9H10N2S/c1-12-7-2-3-8-6(4-7)5-11-9(8)10/h2-5,11H,10H2,1H3. The number of thioether (sulfide) groups is 1. The first-order valence-corrected chi connectivity index (χ1v) is 4.94. The zero-order chi connectivity index (χ0) is 8.55. The van der Waals surface area contributed by atoms with Crippen molar-refractivity contribution in [2.24, 2.45) is 0 Å². The summed E-state index contributed by atoms with van der Waals surface area (Å²) >= 11 is 1.74. The van der Waals surface area contributed by atoms with Crippen LogP contribution in [-0.2, 0) is 0 Å². The molecular formula is C9H10N2S. The third kappa shape index (κ3) is 1.06.